The summed E-state index contributed by atoms with van der Waals surface area (Å²) in [4.78, 5) is 17.9. The van der Waals surface area contributed by atoms with Crippen molar-refractivity contribution in [2.24, 2.45) is 5.10 Å². The fraction of sp³-hybridized carbons (Fsp3) is 0.0645. The van der Waals surface area contributed by atoms with E-state index in [0.717, 1.165) is 26.5 Å². The number of benzene rings is 4. The lowest BCUT2D eigenvalue weighted by molar-refractivity contribution is 0.0956. The van der Waals surface area contributed by atoms with Gasteiger partial charge in [-0.15, -0.1) is 0 Å². The second-order valence-electron chi connectivity index (χ2n) is 8.59. The molecule has 39 heavy (non-hydrogen) atoms. The first-order chi connectivity index (χ1) is 19.0. The minimum atomic E-state index is -0.352. The number of fused-ring (bicyclic) bond motifs is 1. The molecule has 0 spiro atoms. The Balaban J connectivity index is 1.34. The highest BCUT2D eigenvalue weighted by Gasteiger charge is 2.15. The van der Waals surface area contributed by atoms with Gasteiger partial charge in [0.1, 0.15) is 6.61 Å². The molecule has 0 aliphatic heterocycles. The van der Waals surface area contributed by atoms with E-state index in [2.05, 4.69) is 26.5 Å². The van der Waals surface area contributed by atoms with Gasteiger partial charge in [0.25, 0.3) is 5.91 Å². The molecule has 5 aromatic rings. The molecule has 1 aromatic heterocycles. The van der Waals surface area contributed by atoms with E-state index in [9.17, 15) is 4.79 Å². The van der Waals surface area contributed by atoms with Gasteiger partial charge in [-0.25, -0.2) is 10.4 Å². The number of hydrogen-bond acceptors (Lipinski definition) is 5. The van der Waals surface area contributed by atoms with Crippen LogP contribution in [0.5, 0.6) is 11.5 Å². The number of ether oxygens (including phenoxy) is 2. The second kappa shape index (κ2) is 12.1. The molecular weight excluding hydrogens is 578 g/mol. The molecule has 0 atom stereocenters. The Hall–Kier alpha value is -4.20. The molecule has 0 aliphatic carbocycles. The van der Waals surface area contributed by atoms with E-state index in [0.29, 0.717) is 39.9 Å². The molecule has 6 nitrogen and oxygen atoms in total. The van der Waals surface area contributed by atoms with Crippen LogP contribution in [0, 0.1) is 0 Å². The van der Waals surface area contributed by atoms with E-state index in [-0.39, 0.29) is 5.91 Å². The van der Waals surface area contributed by atoms with Crippen LogP contribution in [0.1, 0.15) is 21.5 Å². The van der Waals surface area contributed by atoms with Crippen LogP contribution in [0.3, 0.4) is 0 Å². The lowest BCUT2D eigenvalue weighted by Crippen LogP contribution is -2.18. The quantitative estimate of drug-likeness (QED) is 0.147. The number of hydrazone groups is 1. The van der Waals surface area contributed by atoms with Gasteiger partial charge in [0.2, 0.25) is 0 Å². The molecule has 0 saturated heterocycles. The molecule has 0 radical (unpaired) electrons. The Morgan fingerprint density at radius 2 is 1.74 bits per heavy atom. The van der Waals surface area contributed by atoms with Crippen molar-refractivity contribution in [3.8, 4) is 22.8 Å². The van der Waals surface area contributed by atoms with E-state index < -0.39 is 0 Å². The van der Waals surface area contributed by atoms with Crippen LogP contribution in [0.2, 0.25) is 5.02 Å². The van der Waals surface area contributed by atoms with Gasteiger partial charge in [0, 0.05) is 15.4 Å². The first-order valence-electron chi connectivity index (χ1n) is 12.0. The molecule has 0 fully saturated rings. The normalized spacial score (nSPS) is 11.1. The molecule has 8 heteroatoms. The van der Waals surface area contributed by atoms with Crippen LogP contribution >= 0.6 is 27.5 Å². The Labute approximate surface area is 239 Å². The average Bonchev–Trinajstić information content (AvgIpc) is 2.97. The molecule has 1 heterocycles. The van der Waals surface area contributed by atoms with Crippen LogP contribution in [0.25, 0.3) is 22.2 Å². The lowest BCUT2D eigenvalue weighted by atomic mass is 10.0. The standard InChI is InChI=1S/C31H23BrClN3O3/c1-38-29-16-21(15-26(33)30(29)39-19-20-11-13-23(32)14-12-20)18-34-36-31(37)25-17-28(22-7-3-2-4-8-22)35-27-10-6-5-9-24(25)27/h2-18H,19H2,1H3,(H,36,37)/b34-18+. The number of para-hydroxylation sites is 1. The fourth-order valence-corrected chi connectivity index (χ4v) is 4.57. The van der Waals surface area contributed by atoms with Gasteiger partial charge in [0.05, 0.1) is 35.1 Å². The van der Waals surface area contributed by atoms with E-state index >= 15 is 0 Å². The molecule has 1 N–H and O–H groups in total. The summed E-state index contributed by atoms with van der Waals surface area (Å²) in [5.74, 6) is 0.537. The molecule has 0 unspecified atom stereocenters. The number of carbonyl (C=O) groups is 1. The summed E-state index contributed by atoms with van der Waals surface area (Å²) < 4.78 is 12.4. The highest BCUT2D eigenvalue weighted by molar-refractivity contribution is 9.10. The lowest BCUT2D eigenvalue weighted by Gasteiger charge is -2.13. The summed E-state index contributed by atoms with van der Waals surface area (Å²) in [7, 11) is 1.54. The summed E-state index contributed by atoms with van der Waals surface area (Å²) in [5.41, 5.74) is 7.08. The first-order valence-corrected chi connectivity index (χ1v) is 13.2. The Bertz CT molecular complexity index is 1660. The van der Waals surface area contributed by atoms with E-state index in [1.807, 2.05) is 78.9 Å². The topological polar surface area (TPSA) is 72.8 Å². The van der Waals surface area contributed by atoms with Crippen LogP contribution < -0.4 is 14.9 Å². The molecule has 0 saturated carbocycles. The third-order valence-corrected chi connectivity index (χ3v) is 6.77. The third kappa shape index (κ3) is 6.28. The van der Waals surface area contributed by atoms with Gasteiger partial charge in [-0.2, -0.15) is 5.10 Å². The minimum absolute atomic E-state index is 0.331. The first kappa shape index (κ1) is 26.4. The number of aromatic nitrogens is 1. The third-order valence-electron chi connectivity index (χ3n) is 5.96. The number of amides is 1. The Morgan fingerprint density at radius 1 is 1.00 bits per heavy atom. The van der Waals surface area contributed by atoms with Crippen molar-refractivity contribution in [1.29, 1.82) is 0 Å². The van der Waals surface area contributed by atoms with Crippen molar-refractivity contribution < 1.29 is 14.3 Å². The number of hydrogen-bond donors (Lipinski definition) is 1. The average molecular weight is 601 g/mol. The molecule has 0 aliphatic rings. The van der Waals surface area contributed by atoms with Gasteiger partial charge in [-0.05, 0) is 47.5 Å². The number of nitrogens with zero attached hydrogens (tertiary/aromatic N) is 2. The van der Waals surface area contributed by atoms with Gasteiger partial charge < -0.3 is 9.47 Å². The number of methoxy groups -OCH3 is 1. The van der Waals surface area contributed by atoms with Crippen LogP contribution in [0.4, 0.5) is 0 Å². The number of pyridine rings is 1. The second-order valence-corrected chi connectivity index (χ2v) is 9.91. The molecule has 4 aromatic carbocycles. The largest absolute Gasteiger partial charge is 0.493 e. The Kier molecular flexibility index (Phi) is 8.20. The maximum atomic E-state index is 13.2. The number of halogens is 2. The van der Waals surface area contributed by atoms with E-state index in [1.54, 1.807) is 25.3 Å². The predicted molar refractivity (Wildman–Crippen MR) is 159 cm³/mol. The highest BCUT2D eigenvalue weighted by atomic mass is 79.9. The van der Waals surface area contributed by atoms with Gasteiger partial charge in [-0.1, -0.05) is 88.2 Å². The zero-order chi connectivity index (χ0) is 27.2. The smallest absolute Gasteiger partial charge is 0.272 e. The zero-order valence-corrected chi connectivity index (χ0v) is 23.2. The molecule has 1 amide bonds. The summed E-state index contributed by atoms with van der Waals surface area (Å²) in [6, 6.07) is 30.3. The van der Waals surface area contributed by atoms with Gasteiger partial charge >= 0.3 is 0 Å². The maximum absolute atomic E-state index is 13.2. The van der Waals surface area contributed by atoms with Crippen molar-refractivity contribution in [3.05, 3.63) is 123 Å². The summed E-state index contributed by atoms with van der Waals surface area (Å²) >= 11 is 9.94. The van der Waals surface area contributed by atoms with E-state index in [4.69, 9.17) is 26.1 Å². The maximum Gasteiger partial charge on any atom is 0.272 e. The van der Waals surface area contributed by atoms with Crippen LogP contribution in [-0.4, -0.2) is 24.2 Å². The number of nitrogens with one attached hydrogen (secondary N) is 1. The zero-order valence-electron chi connectivity index (χ0n) is 20.9. The van der Waals surface area contributed by atoms with Crippen LogP contribution in [0.15, 0.2) is 107 Å². The predicted octanol–water partition coefficient (Wildman–Crippen LogP) is 7.67. The number of carbonyl (C=O) groups excluding carboxylic acids is 1. The molecule has 5 rings (SSSR count). The summed E-state index contributed by atoms with van der Waals surface area (Å²) in [6.07, 6.45) is 1.51. The van der Waals surface area contributed by atoms with Crippen molar-refractivity contribution in [2.75, 3.05) is 7.11 Å². The Morgan fingerprint density at radius 3 is 2.51 bits per heavy atom. The van der Waals surface area contributed by atoms with Crippen molar-refractivity contribution >= 4 is 50.6 Å². The van der Waals surface area contributed by atoms with Crippen molar-refractivity contribution in [1.82, 2.24) is 10.4 Å². The molecule has 194 valence electrons. The SMILES string of the molecule is COc1cc(/C=N/NC(=O)c2cc(-c3ccccc3)nc3ccccc23)cc(Cl)c1OCc1ccc(Br)cc1. The van der Waals surface area contributed by atoms with Crippen molar-refractivity contribution in [3.63, 3.8) is 0 Å². The highest BCUT2D eigenvalue weighted by Crippen LogP contribution is 2.36. The monoisotopic (exact) mass is 599 g/mol. The molecule has 0 bridgehead atoms. The van der Waals surface area contributed by atoms with Gasteiger partial charge in [0.15, 0.2) is 11.5 Å². The van der Waals surface area contributed by atoms with Crippen LogP contribution in [-0.2, 0) is 6.61 Å². The van der Waals surface area contributed by atoms with E-state index in [1.165, 1.54) is 6.21 Å². The summed E-state index contributed by atoms with van der Waals surface area (Å²) in [6.45, 7) is 0.331. The minimum Gasteiger partial charge on any atom is -0.493 e. The summed E-state index contributed by atoms with van der Waals surface area (Å²) in [5, 5.41) is 5.28. The fourth-order valence-electron chi connectivity index (χ4n) is 4.04. The number of rotatable bonds is 8. The molecular formula is C31H23BrClN3O3. The van der Waals surface area contributed by atoms with Crippen molar-refractivity contribution in [2.45, 2.75) is 6.61 Å². The van der Waals surface area contributed by atoms with Gasteiger partial charge in [-0.3, -0.25) is 4.79 Å².